The number of aliphatic carboxylic acids is 1. The minimum atomic E-state index is -0.833. The first kappa shape index (κ1) is 15.1. The number of anilines is 1. The van der Waals surface area contributed by atoms with Gasteiger partial charge in [0.2, 0.25) is 0 Å². The van der Waals surface area contributed by atoms with Crippen LogP contribution in [-0.2, 0) is 4.79 Å². The monoisotopic (exact) mass is 294 g/mol. The normalized spacial score (nSPS) is 21.0. The summed E-state index contributed by atoms with van der Waals surface area (Å²) in [6.07, 6.45) is 2.20. The van der Waals surface area contributed by atoms with Crippen LogP contribution in [0.2, 0.25) is 0 Å². The molecule has 2 rings (SSSR count). The Morgan fingerprint density at radius 3 is 2.86 bits per heavy atom. The van der Waals surface area contributed by atoms with Crippen molar-refractivity contribution in [2.75, 3.05) is 11.9 Å². The minimum absolute atomic E-state index is 0.0756. The number of nitro benzene ring substituents is 1. The molecule has 7 nitrogen and oxygen atoms in total. The van der Waals surface area contributed by atoms with Gasteiger partial charge in [0.05, 0.1) is 23.5 Å². The predicted octanol–water partition coefficient (Wildman–Crippen LogP) is 2.66. The van der Waals surface area contributed by atoms with E-state index in [2.05, 4.69) is 5.32 Å². The zero-order valence-corrected chi connectivity index (χ0v) is 11.7. The predicted molar refractivity (Wildman–Crippen MR) is 76.7 cm³/mol. The van der Waals surface area contributed by atoms with Crippen LogP contribution in [0.4, 0.5) is 11.4 Å². The van der Waals surface area contributed by atoms with E-state index >= 15 is 0 Å². The summed E-state index contributed by atoms with van der Waals surface area (Å²) >= 11 is 0. The third-order valence-electron chi connectivity index (χ3n) is 3.60. The molecule has 0 bridgehead atoms. The lowest BCUT2D eigenvalue weighted by atomic mass is 10.0. The summed E-state index contributed by atoms with van der Waals surface area (Å²) in [5.74, 6) is -0.889. The Kier molecular flexibility index (Phi) is 4.62. The maximum absolute atomic E-state index is 11.2. The topological polar surface area (TPSA) is 102 Å². The van der Waals surface area contributed by atoms with Gasteiger partial charge in [-0.15, -0.1) is 0 Å². The molecule has 1 aromatic rings. The van der Waals surface area contributed by atoms with Crippen molar-refractivity contribution in [2.45, 2.75) is 32.2 Å². The summed E-state index contributed by atoms with van der Waals surface area (Å²) in [5, 5.41) is 23.2. The van der Waals surface area contributed by atoms with Gasteiger partial charge in [0.15, 0.2) is 0 Å². The third-order valence-corrected chi connectivity index (χ3v) is 3.60. The van der Waals surface area contributed by atoms with Crippen LogP contribution < -0.4 is 10.1 Å². The maximum Gasteiger partial charge on any atom is 0.308 e. The number of carboxylic acid groups (broad SMARTS) is 1. The molecule has 0 aliphatic heterocycles. The highest BCUT2D eigenvalue weighted by Crippen LogP contribution is 2.32. The Morgan fingerprint density at radius 2 is 2.24 bits per heavy atom. The van der Waals surface area contributed by atoms with Gasteiger partial charge < -0.3 is 15.2 Å². The second-order valence-electron chi connectivity index (χ2n) is 5.03. The number of nitrogens with zero attached hydrogens (tertiary/aromatic N) is 1. The molecule has 0 radical (unpaired) electrons. The average molecular weight is 294 g/mol. The van der Waals surface area contributed by atoms with Crippen LogP contribution in [0.25, 0.3) is 0 Å². The number of carbonyl (C=O) groups is 1. The van der Waals surface area contributed by atoms with E-state index in [0.29, 0.717) is 24.5 Å². The van der Waals surface area contributed by atoms with Crippen molar-refractivity contribution in [2.24, 2.45) is 5.92 Å². The highest BCUT2D eigenvalue weighted by Gasteiger charge is 2.33. The van der Waals surface area contributed by atoms with E-state index < -0.39 is 16.8 Å². The molecule has 0 amide bonds. The second-order valence-corrected chi connectivity index (χ2v) is 5.03. The lowest BCUT2D eigenvalue weighted by molar-refractivity contribution is -0.384. The van der Waals surface area contributed by atoms with Crippen molar-refractivity contribution >= 4 is 17.3 Å². The van der Waals surface area contributed by atoms with Crippen LogP contribution in [0.3, 0.4) is 0 Å². The molecule has 114 valence electrons. The number of benzene rings is 1. The zero-order valence-electron chi connectivity index (χ0n) is 11.7. The Morgan fingerprint density at radius 1 is 1.48 bits per heavy atom. The number of carboxylic acids is 1. The molecule has 1 fully saturated rings. The van der Waals surface area contributed by atoms with Gasteiger partial charge in [-0.1, -0.05) is 6.42 Å². The van der Waals surface area contributed by atoms with Gasteiger partial charge >= 0.3 is 5.97 Å². The van der Waals surface area contributed by atoms with Crippen molar-refractivity contribution in [1.82, 2.24) is 0 Å². The highest BCUT2D eigenvalue weighted by molar-refractivity contribution is 5.72. The summed E-state index contributed by atoms with van der Waals surface area (Å²) < 4.78 is 5.32. The fourth-order valence-corrected chi connectivity index (χ4v) is 2.66. The second kappa shape index (κ2) is 6.43. The van der Waals surface area contributed by atoms with Crippen molar-refractivity contribution < 1.29 is 19.6 Å². The number of nitro groups is 1. The van der Waals surface area contributed by atoms with Crippen LogP contribution in [0.5, 0.6) is 5.75 Å². The Bertz CT molecular complexity index is 546. The van der Waals surface area contributed by atoms with Crippen molar-refractivity contribution in [3.05, 3.63) is 28.3 Å². The fraction of sp³-hybridized carbons (Fsp3) is 0.500. The standard InChI is InChI=1S/C14H18N2O5/c1-2-21-11-7-9(6-10(8-11)16(19)20)15-13-5-3-4-12(13)14(17)18/h6-8,12-13,15H,2-5H2,1H3,(H,17,18). The summed E-state index contributed by atoms with van der Waals surface area (Å²) in [7, 11) is 0. The van der Waals surface area contributed by atoms with Crippen LogP contribution >= 0.6 is 0 Å². The number of non-ortho nitro benzene ring substituents is 1. The average Bonchev–Trinajstić information content (AvgIpc) is 2.87. The van der Waals surface area contributed by atoms with Gasteiger partial charge in [0, 0.05) is 23.9 Å². The van der Waals surface area contributed by atoms with Crippen molar-refractivity contribution in [3.63, 3.8) is 0 Å². The SMILES string of the molecule is CCOc1cc(NC2CCCC2C(=O)O)cc([N+](=O)[O-])c1. The number of rotatable bonds is 6. The summed E-state index contributed by atoms with van der Waals surface area (Å²) in [5.41, 5.74) is 0.444. The van der Waals surface area contributed by atoms with E-state index in [0.717, 1.165) is 12.8 Å². The molecule has 0 saturated heterocycles. The first-order chi connectivity index (χ1) is 10.0. The van der Waals surface area contributed by atoms with Gasteiger partial charge in [0.25, 0.3) is 5.69 Å². The molecule has 2 atom stereocenters. The van der Waals surface area contributed by atoms with E-state index in [1.165, 1.54) is 12.1 Å². The van der Waals surface area contributed by atoms with Crippen LogP contribution in [0.1, 0.15) is 26.2 Å². The number of hydrogen-bond donors (Lipinski definition) is 2. The molecule has 0 heterocycles. The minimum Gasteiger partial charge on any atom is -0.494 e. The molecular weight excluding hydrogens is 276 g/mol. The number of nitrogens with one attached hydrogen (secondary N) is 1. The number of ether oxygens (including phenoxy) is 1. The van der Waals surface area contributed by atoms with Crippen LogP contribution in [0, 0.1) is 16.0 Å². The van der Waals surface area contributed by atoms with Gasteiger partial charge in [-0.05, 0) is 19.8 Å². The maximum atomic E-state index is 11.2. The summed E-state index contributed by atoms with van der Waals surface area (Å²) in [4.78, 5) is 21.6. The lowest BCUT2D eigenvalue weighted by Gasteiger charge is -2.19. The Labute approximate surface area is 122 Å². The van der Waals surface area contributed by atoms with Gasteiger partial charge in [-0.2, -0.15) is 0 Å². The molecule has 2 N–H and O–H groups in total. The van der Waals surface area contributed by atoms with Crippen LogP contribution in [0.15, 0.2) is 18.2 Å². The lowest BCUT2D eigenvalue weighted by Crippen LogP contribution is -2.29. The quantitative estimate of drug-likeness (QED) is 0.617. The van der Waals surface area contributed by atoms with Crippen LogP contribution in [-0.4, -0.2) is 28.6 Å². The third kappa shape index (κ3) is 3.62. The van der Waals surface area contributed by atoms with Gasteiger partial charge in [0.1, 0.15) is 5.75 Å². The van der Waals surface area contributed by atoms with E-state index in [1.807, 2.05) is 0 Å². The zero-order chi connectivity index (χ0) is 15.4. The Balaban J connectivity index is 2.22. The smallest absolute Gasteiger partial charge is 0.308 e. The summed E-state index contributed by atoms with van der Waals surface area (Å²) in [6.45, 7) is 2.20. The molecule has 7 heteroatoms. The molecule has 1 aliphatic rings. The number of hydrogen-bond acceptors (Lipinski definition) is 5. The van der Waals surface area contributed by atoms with E-state index in [9.17, 15) is 20.0 Å². The molecule has 21 heavy (non-hydrogen) atoms. The van der Waals surface area contributed by atoms with Gasteiger partial charge in [-0.25, -0.2) is 0 Å². The largest absolute Gasteiger partial charge is 0.494 e. The summed E-state index contributed by atoms with van der Waals surface area (Å²) in [6, 6.07) is 4.21. The first-order valence-electron chi connectivity index (χ1n) is 6.93. The van der Waals surface area contributed by atoms with E-state index in [4.69, 9.17) is 4.74 Å². The molecule has 1 saturated carbocycles. The van der Waals surface area contributed by atoms with E-state index in [-0.39, 0.29) is 11.7 Å². The van der Waals surface area contributed by atoms with E-state index in [1.54, 1.807) is 13.0 Å². The highest BCUT2D eigenvalue weighted by atomic mass is 16.6. The molecule has 1 aliphatic carbocycles. The molecule has 0 aromatic heterocycles. The molecule has 0 spiro atoms. The molecular formula is C14H18N2O5. The molecule has 1 aromatic carbocycles. The fourth-order valence-electron chi connectivity index (χ4n) is 2.66. The van der Waals surface area contributed by atoms with Crippen molar-refractivity contribution in [1.29, 1.82) is 0 Å². The first-order valence-corrected chi connectivity index (χ1v) is 6.93. The Hall–Kier alpha value is -2.31. The van der Waals surface area contributed by atoms with Gasteiger partial charge in [-0.3, -0.25) is 14.9 Å². The molecule has 2 unspecified atom stereocenters. The van der Waals surface area contributed by atoms with Crippen molar-refractivity contribution in [3.8, 4) is 5.75 Å².